The zero-order valence-electron chi connectivity index (χ0n) is 41.3. The molecule has 2 radical (unpaired) electrons. The van der Waals surface area contributed by atoms with Gasteiger partial charge in [-0.25, -0.2) is 9.97 Å². The Bertz CT molecular complexity index is 3310. The molecule has 9 nitrogen and oxygen atoms in total. The molecule has 0 atom stereocenters. The van der Waals surface area contributed by atoms with Crippen molar-refractivity contribution in [1.29, 1.82) is 0 Å². The van der Waals surface area contributed by atoms with Crippen molar-refractivity contribution in [1.82, 2.24) is 24.9 Å². The molecule has 0 saturated carbocycles. The molecule has 0 bridgehead atoms. The quantitative estimate of drug-likeness (QED) is 0.0808. The summed E-state index contributed by atoms with van der Waals surface area (Å²) >= 11 is 0. The third-order valence-electron chi connectivity index (χ3n) is 11.8. The molecule has 11 heteroatoms. The van der Waals surface area contributed by atoms with Crippen LogP contribution in [-0.4, -0.2) is 35.8 Å². The van der Waals surface area contributed by atoms with E-state index in [1.165, 1.54) is 11.6 Å². The van der Waals surface area contributed by atoms with Crippen LogP contribution in [0, 0.1) is 57.7 Å². The summed E-state index contributed by atoms with van der Waals surface area (Å²) in [6.07, 6.45) is 6.48. The van der Waals surface area contributed by atoms with E-state index >= 15 is 0 Å². The average Bonchev–Trinajstić information content (AvgIpc) is 3.94. The Balaban J connectivity index is 0.000000178. The summed E-state index contributed by atoms with van der Waals surface area (Å²) in [4.78, 5) is 34.0. The van der Waals surface area contributed by atoms with Gasteiger partial charge in [0.15, 0.2) is 5.78 Å². The number of para-hydroxylation sites is 2. The molecular weight excluding hydrogens is 1240 g/mol. The number of hydrogen-bond donors (Lipinski definition) is 1. The topological polar surface area (TPSA) is 128 Å². The number of rotatable bonds is 10. The number of aromatic nitrogens is 5. The van der Waals surface area contributed by atoms with Crippen LogP contribution >= 0.6 is 0 Å². The molecule has 0 aliphatic heterocycles. The predicted molar refractivity (Wildman–Crippen MR) is 278 cm³/mol. The number of aliphatic hydroxyl groups is 1. The maximum absolute atomic E-state index is 11.7. The number of allylic oxidation sites excluding steroid dienone is 2. The molecule has 71 heavy (non-hydrogen) atoms. The summed E-state index contributed by atoms with van der Waals surface area (Å²) in [7, 11) is 0. The van der Waals surface area contributed by atoms with Crippen molar-refractivity contribution in [3.63, 3.8) is 0 Å². The maximum Gasteiger partial charge on any atom is 0.162 e. The molecule has 0 aliphatic rings. The predicted octanol–water partition coefficient (Wildman–Crippen LogP) is 15.3. The molecule has 1 N–H and O–H groups in total. The number of benzene rings is 5. The number of carbonyl (C=O) groups is 1. The van der Waals surface area contributed by atoms with Gasteiger partial charge in [0, 0.05) is 86.0 Å². The fourth-order valence-electron chi connectivity index (χ4n) is 8.19. The molecule has 0 saturated heterocycles. The van der Waals surface area contributed by atoms with E-state index in [0.717, 1.165) is 115 Å². The van der Waals surface area contributed by atoms with Gasteiger partial charge in [-0.3, -0.25) is 14.8 Å². The van der Waals surface area contributed by atoms with Crippen molar-refractivity contribution >= 4 is 49.9 Å². The smallest absolute Gasteiger partial charge is 0.162 e. The Morgan fingerprint density at radius 3 is 1.76 bits per heavy atom. The van der Waals surface area contributed by atoms with Crippen LogP contribution in [0.2, 0.25) is 0 Å². The second-order valence-corrected chi connectivity index (χ2v) is 16.9. The number of aryl methyl sites for hydroxylation is 4. The fourth-order valence-corrected chi connectivity index (χ4v) is 8.19. The summed E-state index contributed by atoms with van der Waals surface area (Å²) < 4.78 is 11.9. The zero-order valence-corrected chi connectivity index (χ0v) is 46.1. The minimum Gasteiger partial charge on any atom is -0.512 e. The molecule has 0 spiro atoms. The normalized spacial score (nSPS) is 11.0. The number of fused-ring (bicyclic) bond motifs is 6. The number of pyridine rings is 1. The van der Waals surface area contributed by atoms with Gasteiger partial charge in [0.2, 0.25) is 0 Å². The molecule has 0 aliphatic carbocycles. The zero-order chi connectivity index (χ0) is 48.9. The van der Waals surface area contributed by atoms with E-state index in [2.05, 4.69) is 62.2 Å². The minimum atomic E-state index is 0. The molecule has 10 aromatic rings. The Morgan fingerprint density at radius 2 is 1.18 bits per heavy atom. The van der Waals surface area contributed by atoms with Gasteiger partial charge in [-0.1, -0.05) is 77.9 Å². The van der Waals surface area contributed by atoms with Crippen molar-refractivity contribution in [2.24, 2.45) is 11.8 Å². The van der Waals surface area contributed by atoms with Gasteiger partial charge < -0.3 is 18.9 Å². The number of aliphatic hydroxyl groups excluding tert-OH is 1. The van der Waals surface area contributed by atoms with E-state index < -0.39 is 0 Å². The van der Waals surface area contributed by atoms with Gasteiger partial charge in [0.05, 0.1) is 5.76 Å². The van der Waals surface area contributed by atoms with Crippen molar-refractivity contribution in [2.45, 2.75) is 81.1 Å². The summed E-state index contributed by atoms with van der Waals surface area (Å²) in [6, 6.07) is 51.3. The average molecular weight is 1300 g/mol. The van der Waals surface area contributed by atoms with E-state index in [-0.39, 0.29) is 63.6 Å². The van der Waals surface area contributed by atoms with Gasteiger partial charge in [0.1, 0.15) is 45.5 Å². The van der Waals surface area contributed by atoms with Gasteiger partial charge in [-0.15, -0.1) is 107 Å². The molecule has 5 heterocycles. The van der Waals surface area contributed by atoms with Crippen molar-refractivity contribution in [2.75, 3.05) is 0 Å². The standard InChI is InChI=1S/C19H15N2O.C16H9N2O.C13H24O2.C12H10N.2Ir/c1-11-8-12(2)10-14(9-11)17-19-18(21-13(3)20-17)15-6-4-5-7-16(15)22-19;1-2-6-11(7-3-1)14-16-15(18-10-17-14)12-8-4-5-9-13(12)19-16;1-5-10(6-2)12(14)9-13(15)11(7-3)8-4;1-10-6-5-9-12(13-10)11-7-3-2-4-8-11;;/h4-9H,1-3H3;1-6,8-10H;9-11,14H,5-8H2,1-4H3;2-7,9H,1H3;;/q2*-1;;-1;;. The summed E-state index contributed by atoms with van der Waals surface area (Å²) in [5.41, 5.74) is 13.6. The first-order chi connectivity index (χ1) is 33.5. The number of furan rings is 2. The van der Waals surface area contributed by atoms with E-state index in [0.29, 0.717) is 5.58 Å². The molecular formula is C60H58Ir2N5O4-3. The van der Waals surface area contributed by atoms with Crippen LogP contribution in [0.1, 0.15) is 76.0 Å². The van der Waals surface area contributed by atoms with Crippen LogP contribution < -0.4 is 0 Å². The Labute approximate surface area is 444 Å². The van der Waals surface area contributed by atoms with E-state index in [1.807, 2.05) is 164 Å². The first kappa shape index (κ1) is 55.4. The Morgan fingerprint density at radius 1 is 0.606 bits per heavy atom. The van der Waals surface area contributed by atoms with Crippen molar-refractivity contribution in [3.8, 4) is 33.8 Å². The van der Waals surface area contributed by atoms with Gasteiger partial charge >= 0.3 is 0 Å². The number of hydrogen-bond acceptors (Lipinski definition) is 9. The van der Waals surface area contributed by atoms with Gasteiger partial charge in [-0.2, -0.15) is 0 Å². The molecule has 5 aromatic heterocycles. The van der Waals surface area contributed by atoms with Gasteiger partial charge in [-0.05, 0) is 75.6 Å². The van der Waals surface area contributed by atoms with Crippen molar-refractivity contribution < 1.29 is 58.9 Å². The van der Waals surface area contributed by atoms with Crippen LogP contribution in [-0.2, 0) is 45.0 Å². The molecule has 0 amide bonds. The summed E-state index contributed by atoms with van der Waals surface area (Å²) in [5, 5.41) is 11.8. The SMILES string of the molecule is CCC(CC)C(=O)C=C(O)C(CC)CC.Cc1[c-]c(-c2nc(C)nc3c2oc2ccccc23)cc(C)c1.Cc1cccc(-c2[c-]cccc2)n1.[Ir].[Ir].[c-]1ccccc1-c1ncnc2c1oc1ccccc12. The number of carbonyl (C=O) groups excluding carboxylic acids is 1. The van der Waals surface area contributed by atoms with Crippen LogP contribution in [0.4, 0.5) is 0 Å². The van der Waals surface area contributed by atoms with Crippen molar-refractivity contribution in [3.05, 3.63) is 186 Å². The van der Waals surface area contributed by atoms with Crippen LogP contribution in [0.5, 0.6) is 0 Å². The molecule has 0 fully saturated rings. The number of ketones is 1. The third kappa shape index (κ3) is 13.9. The Kier molecular flexibility index (Phi) is 20.8. The second-order valence-electron chi connectivity index (χ2n) is 16.9. The van der Waals surface area contributed by atoms with E-state index in [1.54, 1.807) is 6.33 Å². The minimum absolute atomic E-state index is 0. The van der Waals surface area contributed by atoms with E-state index in [4.69, 9.17) is 8.83 Å². The van der Waals surface area contributed by atoms with E-state index in [9.17, 15) is 9.90 Å². The monoisotopic (exact) mass is 1300 g/mol. The van der Waals surface area contributed by atoms with Gasteiger partial charge in [0.25, 0.3) is 0 Å². The molecule has 368 valence electrons. The summed E-state index contributed by atoms with van der Waals surface area (Å²) in [6.45, 7) is 16.1. The molecule has 5 aromatic carbocycles. The summed E-state index contributed by atoms with van der Waals surface area (Å²) in [5.74, 6) is 1.28. The molecule has 0 unspecified atom stereocenters. The number of nitrogens with zero attached hydrogens (tertiary/aromatic N) is 5. The maximum atomic E-state index is 11.7. The Hall–Kier alpha value is -6.48. The first-order valence-corrected chi connectivity index (χ1v) is 23.6. The second kappa shape index (κ2) is 26.7. The fraction of sp³-hybridized carbons (Fsp3) is 0.233. The van der Waals surface area contributed by atoms with Crippen LogP contribution in [0.15, 0.2) is 154 Å². The van der Waals surface area contributed by atoms with Crippen LogP contribution in [0.3, 0.4) is 0 Å². The van der Waals surface area contributed by atoms with Crippen LogP contribution in [0.25, 0.3) is 77.9 Å². The molecule has 10 rings (SSSR count). The largest absolute Gasteiger partial charge is 0.512 e. The first-order valence-electron chi connectivity index (χ1n) is 23.6. The third-order valence-corrected chi connectivity index (χ3v) is 11.8.